The zero-order valence-electron chi connectivity index (χ0n) is 11.8. The molecule has 0 aliphatic heterocycles. The predicted molar refractivity (Wildman–Crippen MR) is 75.6 cm³/mol. The number of hydrogen-bond acceptors (Lipinski definition) is 2. The topological polar surface area (TPSA) is 55.1 Å². The zero-order valence-corrected chi connectivity index (χ0v) is 11.8. The number of carbonyl (C=O) groups is 1. The number of carbonyl (C=O) groups excluding carboxylic acids is 1. The summed E-state index contributed by atoms with van der Waals surface area (Å²) in [5.74, 6) is -0.0561. The van der Waals surface area contributed by atoms with Gasteiger partial charge in [0, 0.05) is 18.2 Å². The molecular formula is C15H24N2O. The lowest BCUT2D eigenvalue weighted by Crippen LogP contribution is -2.39. The van der Waals surface area contributed by atoms with Crippen LogP contribution in [-0.4, -0.2) is 18.5 Å². The molecule has 0 radical (unpaired) electrons. The first-order valence-electron chi connectivity index (χ1n) is 6.38. The smallest absolute Gasteiger partial charge is 0.251 e. The van der Waals surface area contributed by atoms with Crippen molar-refractivity contribution in [2.24, 2.45) is 11.1 Å². The van der Waals surface area contributed by atoms with Gasteiger partial charge in [-0.25, -0.2) is 0 Å². The van der Waals surface area contributed by atoms with Gasteiger partial charge in [-0.05, 0) is 30.9 Å². The summed E-state index contributed by atoms with van der Waals surface area (Å²) in [6, 6.07) is 7.54. The minimum Gasteiger partial charge on any atom is -0.350 e. The summed E-state index contributed by atoms with van der Waals surface area (Å²) >= 11 is 0. The van der Waals surface area contributed by atoms with E-state index in [1.165, 1.54) is 0 Å². The fourth-order valence-corrected chi connectivity index (χ4v) is 1.89. The lowest BCUT2D eigenvalue weighted by Gasteiger charge is -2.23. The lowest BCUT2D eigenvalue weighted by molar-refractivity contribution is 0.0948. The van der Waals surface area contributed by atoms with Gasteiger partial charge in [0.05, 0.1) is 0 Å². The SMILES string of the molecule is Cc1ccc(C(=O)NCC(N)CC(C)(C)C)cc1. The first-order valence-corrected chi connectivity index (χ1v) is 6.38. The van der Waals surface area contributed by atoms with Gasteiger partial charge in [-0.3, -0.25) is 4.79 Å². The Bertz CT molecular complexity index is 390. The van der Waals surface area contributed by atoms with Crippen molar-refractivity contribution in [2.75, 3.05) is 6.54 Å². The predicted octanol–water partition coefficient (Wildman–Crippen LogP) is 2.49. The van der Waals surface area contributed by atoms with Crippen molar-refractivity contribution in [1.82, 2.24) is 5.32 Å². The van der Waals surface area contributed by atoms with Crippen LogP contribution in [0.4, 0.5) is 0 Å². The molecule has 1 aromatic rings. The summed E-state index contributed by atoms with van der Waals surface area (Å²) in [4.78, 5) is 11.9. The Morgan fingerprint density at radius 2 is 1.83 bits per heavy atom. The quantitative estimate of drug-likeness (QED) is 0.860. The van der Waals surface area contributed by atoms with Gasteiger partial charge in [-0.1, -0.05) is 38.5 Å². The molecule has 0 aromatic heterocycles. The molecule has 0 aliphatic carbocycles. The van der Waals surface area contributed by atoms with E-state index in [0.29, 0.717) is 12.1 Å². The second-order valence-corrected chi connectivity index (χ2v) is 6.10. The molecule has 1 amide bonds. The molecule has 0 aliphatic rings. The van der Waals surface area contributed by atoms with Crippen LogP contribution in [0.2, 0.25) is 0 Å². The van der Waals surface area contributed by atoms with Crippen LogP contribution in [0, 0.1) is 12.3 Å². The molecule has 3 nitrogen and oxygen atoms in total. The standard InChI is InChI=1S/C15H24N2O/c1-11-5-7-12(8-6-11)14(18)17-10-13(16)9-15(2,3)4/h5-8,13H,9-10,16H2,1-4H3,(H,17,18). The van der Waals surface area contributed by atoms with Gasteiger partial charge in [0.1, 0.15) is 0 Å². The number of benzene rings is 1. The molecule has 18 heavy (non-hydrogen) atoms. The van der Waals surface area contributed by atoms with Crippen molar-refractivity contribution < 1.29 is 4.79 Å². The maximum Gasteiger partial charge on any atom is 0.251 e. The Morgan fingerprint density at radius 3 is 2.33 bits per heavy atom. The minimum absolute atomic E-state index is 0.000557. The number of hydrogen-bond donors (Lipinski definition) is 2. The number of nitrogens with two attached hydrogens (primary N) is 1. The second-order valence-electron chi connectivity index (χ2n) is 6.10. The Hall–Kier alpha value is -1.35. The average molecular weight is 248 g/mol. The van der Waals surface area contributed by atoms with Crippen molar-refractivity contribution in [3.63, 3.8) is 0 Å². The van der Waals surface area contributed by atoms with E-state index in [0.717, 1.165) is 12.0 Å². The highest BCUT2D eigenvalue weighted by atomic mass is 16.1. The van der Waals surface area contributed by atoms with Crippen LogP contribution in [0.25, 0.3) is 0 Å². The minimum atomic E-state index is -0.0561. The molecule has 100 valence electrons. The molecule has 0 saturated carbocycles. The Morgan fingerprint density at radius 1 is 1.28 bits per heavy atom. The highest BCUT2D eigenvalue weighted by Gasteiger charge is 2.16. The summed E-state index contributed by atoms with van der Waals surface area (Å²) in [6.07, 6.45) is 0.890. The van der Waals surface area contributed by atoms with E-state index in [1.54, 1.807) is 0 Å². The number of nitrogens with one attached hydrogen (secondary N) is 1. The number of amides is 1. The third-order valence-corrected chi connectivity index (χ3v) is 2.71. The average Bonchev–Trinajstić information content (AvgIpc) is 2.24. The van der Waals surface area contributed by atoms with E-state index < -0.39 is 0 Å². The number of rotatable bonds is 4. The third kappa shape index (κ3) is 5.32. The number of aryl methyl sites for hydroxylation is 1. The summed E-state index contributed by atoms with van der Waals surface area (Å²) in [7, 11) is 0. The van der Waals surface area contributed by atoms with E-state index >= 15 is 0 Å². The monoisotopic (exact) mass is 248 g/mol. The Labute approximate surface area is 110 Å². The van der Waals surface area contributed by atoms with Crippen molar-refractivity contribution in [1.29, 1.82) is 0 Å². The van der Waals surface area contributed by atoms with E-state index in [-0.39, 0.29) is 17.4 Å². The molecule has 0 heterocycles. The molecule has 1 rings (SSSR count). The van der Waals surface area contributed by atoms with Crippen molar-refractivity contribution in [3.05, 3.63) is 35.4 Å². The van der Waals surface area contributed by atoms with Gasteiger partial charge in [0.15, 0.2) is 0 Å². The Kier molecular flexibility index (Phi) is 4.91. The first-order chi connectivity index (χ1) is 8.28. The van der Waals surface area contributed by atoms with E-state index in [9.17, 15) is 4.79 Å². The molecule has 0 fully saturated rings. The zero-order chi connectivity index (χ0) is 13.8. The van der Waals surface area contributed by atoms with E-state index in [4.69, 9.17) is 5.73 Å². The third-order valence-electron chi connectivity index (χ3n) is 2.71. The van der Waals surface area contributed by atoms with Gasteiger partial charge in [-0.2, -0.15) is 0 Å². The van der Waals surface area contributed by atoms with Gasteiger partial charge >= 0.3 is 0 Å². The van der Waals surface area contributed by atoms with Crippen LogP contribution >= 0.6 is 0 Å². The second kappa shape index (κ2) is 6.01. The van der Waals surface area contributed by atoms with Crippen LogP contribution in [0.1, 0.15) is 43.1 Å². The molecule has 0 bridgehead atoms. The fourth-order valence-electron chi connectivity index (χ4n) is 1.89. The highest BCUT2D eigenvalue weighted by Crippen LogP contribution is 2.19. The van der Waals surface area contributed by atoms with Gasteiger partial charge in [0.2, 0.25) is 0 Å². The molecule has 1 aromatic carbocycles. The van der Waals surface area contributed by atoms with Gasteiger partial charge in [0.25, 0.3) is 5.91 Å². The maximum absolute atomic E-state index is 11.9. The highest BCUT2D eigenvalue weighted by molar-refractivity contribution is 5.94. The van der Waals surface area contributed by atoms with Crippen molar-refractivity contribution in [2.45, 2.75) is 40.2 Å². The van der Waals surface area contributed by atoms with Crippen LogP contribution in [-0.2, 0) is 0 Å². The molecule has 1 unspecified atom stereocenters. The van der Waals surface area contributed by atoms with Crippen LogP contribution in [0.15, 0.2) is 24.3 Å². The molecular weight excluding hydrogens is 224 g/mol. The van der Waals surface area contributed by atoms with Crippen LogP contribution < -0.4 is 11.1 Å². The van der Waals surface area contributed by atoms with Crippen molar-refractivity contribution >= 4 is 5.91 Å². The first kappa shape index (κ1) is 14.7. The Balaban J connectivity index is 2.44. The van der Waals surface area contributed by atoms with Gasteiger partial charge in [-0.15, -0.1) is 0 Å². The van der Waals surface area contributed by atoms with Crippen LogP contribution in [0.3, 0.4) is 0 Å². The lowest BCUT2D eigenvalue weighted by atomic mass is 9.88. The molecule has 0 saturated heterocycles. The summed E-state index contributed by atoms with van der Waals surface area (Å²) in [6.45, 7) is 8.96. The summed E-state index contributed by atoms with van der Waals surface area (Å²) in [5, 5.41) is 2.88. The molecule has 0 spiro atoms. The maximum atomic E-state index is 11.9. The summed E-state index contributed by atoms with van der Waals surface area (Å²) in [5.41, 5.74) is 8.02. The molecule has 3 heteroatoms. The summed E-state index contributed by atoms with van der Waals surface area (Å²) < 4.78 is 0. The molecule has 1 atom stereocenters. The normalized spacial score (nSPS) is 13.2. The fraction of sp³-hybridized carbons (Fsp3) is 0.533. The largest absolute Gasteiger partial charge is 0.350 e. The van der Waals surface area contributed by atoms with Crippen LogP contribution in [0.5, 0.6) is 0 Å². The molecule has 3 N–H and O–H groups in total. The van der Waals surface area contributed by atoms with E-state index in [2.05, 4.69) is 26.1 Å². The van der Waals surface area contributed by atoms with Crippen molar-refractivity contribution in [3.8, 4) is 0 Å². The van der Waals surface area contributed by atoms with E-state index in [1.807, 2.05) is 31.2 Å². The van der Waals surface area contributed by atoms with Gasteiger partial charge < -0.3 is 11.1 Å².